The lowest BCUT2D eigenvalue weighted by Gasteiger charge is -2.32. The van der Waals surface area contributed by atoms with Crippen molar-refractivity contribution in [2.45, 2.75) is 65.0 Å². The van der Waals surface area contributed by atoms with Crippen molar-refractivity contribution in [2.75, 3.05) is 0 Å². The molecular formula is C18H27BO3. The van der Waals surface area contributed by atoms with Gasteiger partial charge in [0.25, 0.3) is 0 Å². The fraction of sp³-hybridized carbons (Fsp3) is 0.611. The monoisotopic (exact) mass is 302 g/mol. The molecule has 1 heterocycles. The summed E-state index contributed by atoms with van der Waals surface area (Å²) in [7, 11) is -0.393. The lowest BCUT2D eigenvalue weighted by atomic mass is 9.65. The molecule has 0 saturated carbocycles. The molecule has 0 N–H and O–H groups in total. The van der Waals surface area contributed by atoms with E-state index in [2.05, 4.69) is 0 Å². The summed E-state index contributed by atoms with van der Waals surface area (Å²) in [6, 6.07) is 10.1. The van der Waals surface area contributed by atoms with E-state index in [0.29, 0.717) is 6.42 Å². The highest BCUT2D eigenvalue weighted by Crippen LogP contribution is 2.41. The van der Waals surface area contributed by atoms with Crippen LogP contribution in [0.3, 0.4) is 0 Å². The van der Waals surface area contributed by atoms with Crippen molar-refractivity contribution in [3.05, 3.63) is 35.9 Å². The molecule has 120 valence electrons. The zero-order valence-electron chi connectivity index (χ0n) is 14.6. The van der Waals surface area contributed by atoms with E-state index in [1.165, 1.54) is 0 Å². The van der Waals surface area contributed by atoms with Gasteiger partial charge in [0.1, 0.15) is 5.78 Å². The van der Waals surface area contributed by atoms with Gasteiger partial charge in [-0.3, -0.25) is 4.79 Å². The summed E-state index contributed by atoms with van der Waals surface area (Å²) in [5, 5.41) is 0. The number of benzene rings is 1. The maximum absolute atomic E-state index is 12.3. The van der Waals surface area contributed by atoms with E-state index in [-0.39, 0.29) is 28.7 Å². The first-order valence-electron chi connectivity index (χ1n) is 8.07. The summed E-state index contributed by atoms with van der Waals surface area (Å²) in [5.41, 5.74) is 0.326. The number of hydrogen-bond donors (Lipinski definition) is 0. The highest BCUT2D eigenvalue weighted by molar-refractivity contribution is 6.48. The molecule has 22 heavy (non-hydrogen) atoms. The molecule has 2 rings (SSSR count). The van der Waals surface area contributed by atoms with Gasteiger partial charge in [-0.25, -0.2) is 0 Å². The van der Waals surface area contributed by atoms with Crippen molar-refractivity contribution in [3.8, 4) is 0 Å². The van der Waals surface area contributed by atoms with Crippen LogP contribution in [-0.4, -0.2) is 24.1 Å². The number of ketones is 1. The molecule has 0 spiro atoms. The highest BCUT2D eigenvalue weighted by Gasteiger charge is 2.54. The van der Waals surface area contributed by atoms with Crippen molar-refractivity contribution >= 4 is 12.9 Å². The molecule has 0 aliphatic carbocycles. The molecule has 0 bridgehead atoms. The Hall–Kier alpha value is -1.13. The van der Waals surface area contributed by atoms with Crippen LogP contribution in [0.25, 0.3) is 0 Å². The van der Waals surface area contributed by atoms with Crippen molar-refractivity contribution in [1.82, 2.24) is 0 Å². The van der Waals surface area contributed by atoms with Gasteiger partial charge >= 0.3 is 7.12 Å². The fourth-order valence-electron chi connectivity index (χ4n) is 2.58. The molecular weight excluding hydrogens is 275 g/mol. The summed E-state index contributed by atoms with van der Waals surface area (Å²) in [6.07, 6.45) is 0.443. The summed E-state index contributed by atoms with van der Waals surface area (Å²) in [5.74, 6) is 0.189. The van der Waals surface area contributed by atoms with E-state index in [9.17, 15) is 4.79 Å². The topological polar surface area (TPSA) is 35.5 Å². The molecule has 0 aromatic heterocycles. The Bertz CT molecular complexity index is 506. The molecule has 1 fully saturated rings. The van der Waals surface area contributed by atoms with Gasteiger partial charge in [0.2, 0.25) is 0 Å². The first-order chi connectivity index (χ1) is 10.1. The highest BCUT2D eigenvalue weighted by atomic mass is 16.7. The van der Waals surface area contributed by atoms with Crippen LogP contribution in [-0.2, 0) is 14.1 Å². The van der Waals surface area contributed by atoms with Gasteiger partial charge in [-0.1, -0.05) is 44.2 Å². The van der Waals surface area contributed by atoms with Crippen LogP contribution in [0.15, 0.2) is 30.3 Å². The van der Waals surface area contributed by atoms with Gasteiger partial charge in [-0.05, 0) is 33.3 Å². The van der Waals surface area contributed by atoms with E-state index < -0.39 is 7.12 Å². The molecule has 3 nitrogen and oxygen atoms in total. The summed E-state index contributed by atoms with van der Waals surface area (Å²) < 4.78 is 12.4. The third-order valence-electron chi connectivity index (χ3n) is 4.89. The summed E-state index contributed by atoms with van der Waals surface area (Å²) in [4.78, 5) is 12.3. The maximum atomic E-state index is 12.3. The van der Waals surface area contributed by atoms with Crippen molar-refractivity contribution in [1.29, 1.82) is 0 Å². The third kappa shape index (κ3) is 3.44. The van der Waals surface area contributed by atoms with E-state index >= 15 is 0 Å². The molecule has 4 heteroatoms. The van der Waals surface area contributed by atoms with Crippen LogP contribution in [0, 0.1) is 5.92 Å². The van der Waals surface area contributed by atoms with Gasteiger partial charge in [-0.15, -0.1) is 0 Å². The molecule has 0 amide bonds. The van der Waals surface area contributed by atoms with Crippen LogP contribution in [0.2, 0.25) is 0 Å². The first-order valence-corrected chi connectivity index (χ1v) is 8.07. The van der Waals surface area contributed by atoms with Crippen molar-refractivity contribution in [3.63, 3.8) is 0 Å². The lowest BCUT2D eigenvalue weighted by molar-refractivity contribution is -0.122. The van der Waals surface area contributed by atoms with E-state index in [1.807, 2.05) is 71.9 Å². The molecule has 1 aliphatic rings. The predicted molar refractivity (Wildman–Crippen MR) is 89.7 cm³/mol. The van der Waals surface area contributed by atoms with Gasteiger partial charge in [0.05, 0.1) is 11.2 Å². The number of Topliss-reactive ketones (excluding diaryl/α,β-unsaturated/α-hetero) is 1. The number of carbonyl (C=O) groups is 1. The summed E-state index contributed by atoms with van der Waals surface area (Å²) in [6.45, 7) is 12.0. The van der Waals surface area contributed by atoms with Gasteiger partial charge in [0, 0.05) is 18.2 Å². The molecule has 1 aliphatic heterocycles. The van der Waals surface area contributed by atoms with Crippen LogP contribution >= 0.6 is 0 Å². The minimum Gasteiger partial charge on any atom is -0.403 e. The minimum atomic E-state index is -0.393. The average molecular weight is 302 g/mol. The molecule has 0 radical (unpaired) electrons. The lowest BCUT2D eigenvalue weighted by Crippen LogP contribution is -2.41. The average Bonchev–Trinajstić information content (AvgIpc) is 2.65. The number of hydrogen-bond acceptors (Lipinski definition) is 3. The second kappa shape index (κ2) is 6.17. The van der Waals surface area contributed by atoms with Gasteiger partial charge in [0.15, 0.2) is 0 Å². The molecule has 1 aromatic carbocycles. The fourth-order valence-corrected chi connectivity index (χ4v) is 2.58. The van der Waals surface area contributed by atoms with Crippen LogP contribution in [0.5, 0.6) is 0 Å². The first kappa shape index (κ1) is 17.2. The van der Waals surface area contributed by atoms with Crippen molar-refractivity contribution in [2.24, 2.45) is 5.92 Å². The van der Waals surface area contributed by atoms with Crippen molar-refractivity contribution < 1.29 is 14.1 Å². The zero-order valence-corrected chi connectivity index (χ0v) is 14.6. The largest absolute Gasteiger partial charge is 0.466 e. The Morgan fingerprint density at radius 3 is 2.00 bits per heavy atom. The third-order valence-corrected chi connectivity index (χ3v) is 4.89. The quantitative estimate of drug-likeness (QED) is 0.771. The van der Waals surface area contributed by atoms with E-state index in [1.54, 1.807) is 0 Å². The predicted octanol–water partition coefficient (Wildman–Crippen LogP) is 4.02. The van der Waals surface area contributed by atoms with Crippen LogP contribution in [0.1, 0.15) is 59.3 Å². The summed E-state index contributed by atoms with van der Waals surface area (Å²) >= 11 is 0. The Balaban J connectivity index is 2.28. The Morgan fingerprint density at radius 2 is 1.55 bits per heavy atom. The second-order valence-corrected chi connectivity index (χ2v) is 7.47. The molecule has 1 aromatic rings. The minimum absolute atomic E-state index is 0.0219. The van der Waals surface area contributed by atoms with Crippen LogP contribution in [0.4, 0.5) is 0 Å². The number of rotatable bonds is 5. The Kier molecular flexibility index (Phi) is 4.83. The SMILES string of the molecule is CC(C)C(=O)C[C@H](B1OC(C)(C)C(C)(C)O1)c1ccccc1. The Morgan fingerprint density at radius 1 is 1.05 bits per heavy atom. The molecule has 0 unspecified atom stereocenters. The van der Waals surface area contributed by atoms with E-state index in [0.717, 1.165) is 5.56 Å². The second-order valence-electron chi connectivity index (χ2n) is 7.47. The molecule has 1 atom stereocenters. The Labute approximate surface area is 134 Å². The van der Waals surface area contributed by atoms with Gasteiger partial charge < -0.3 is 9.31 Å². The maximum Gasteiger partial charge on any atom is 0.466 e. The smallest absolute Gasteiger partial charge is 0.403 e. The van der Waals surface area contributed by atoms with E-state index in [4.69, 9.17) is 9.31 Å². The normalized spacial score (nSPS) is 21.1. The zero-order chi connectivity index (χ0) is 16.5. The van der Waals surface area contributed by atoms with Crippen LogP contribution < -0.4 is 0 Å². The standard InChI is InChI=1S/C18H27BO3/c1-13(2)16(20)12-15(14-10-8-7-9-11-14)19-21-17(3,4)18(5,6)22-19/h7-11,13,15H,12H2,1-6H3/t15-/m0/s1. The number of carbonyl (C=O) groups excluding carboxylic acids is 1. The van der Waals surface area contributed by atoms with Gasteiger partial charge in [-0.2, -0.15) is 0 Å². The molecule has 1 saturated heterocycles.